The molecular formula is C12H23ClN2O3. The lowest BCUT2D eigenvalue weighted by Crippen LogP contribution is -2.45. The van der Waals surface area contributed by atoms with Gasteiger partial charge in [-0.15, -0.1) is 12.4 Å². The Morgan fingerprint density at radius 3 is 2.33 bits per heavy atom. The van der Waals surface area contributed by atoms with Gasteiger partial charge < -0.3 is 15.8 Å². The molecule has 5 nitrogen and oxygen atoms in total. The Hall–Kier alpha value is -0.810. The number of nitrogens with two attached hydrogens (primary N) is 1. The Labute approximate surface area is 114 Å². The second-order valence-corrected chi connectivity index (χ2v) is 4.60. The molecule has 1 atom stereocenters. The number of hydrogen-bond donors (Lipinski definition) is 2. The standard InChI is InChI=1S/C12H22N2O3.ClH/c1-3-17-12(16)9-4-6-10(7-5-9)14-11(15)8(2)13;/h8-10H,3-7,13H2,1-2H3,(H,14,15);1H/t8-,9?,10?;/m0./s1. The van der Waals surface area contributed by atoms with E-state index in [4.69, 9.17) is 10.5 Å². The first-order valence-electron chi connectivity index (χ1n) is 6.27. The van der Waals surface area contributed by atoms with Gasteiger partial charge in [0.2, 0.25) is 5.91 Å². The van der Waals surface area contributed by atoms with Gasteiger partial charge in [-0.3, -0.25) is 9.59 Å². The number of amides is 1. The molecular weight excluding hydrogens is 256 g/mol. The van der Waals surface area contributed by atoms with Crippen molar-refractivity contribution in [3.05, 3.63) is 0 Å². The Kier molecular flexibility index (Phi) is 7.95. The van der Waals surface area contributed by atoms with Crippen LogP contribution in [0.15, 0.2) is 0 Å². The summed E-state index contributed by atoms with van der Waals surface area (Å²) in [5, 5.41) is 2.89. The lowest BCUT2D eigenvalue weighted by Gasteiger charge is -2.28. The normalized spacial score (nSPS) is 24.6. The first-order chi connectivity index (χ1) is 8.04. The number of esters is 1. The van der Waals surface area contributed by atoms with E-state index in [0.29, 0.717) is 6.61 Å². The minimum atomic E-state index is -0.474. The third-order valence-corrected chi connectivity index (χ3v) is 3.11. The largest absolute Gasteiger partial charge is 0.466 e. The smallest absolute Gasteiger partial charge is 0.308 e. The summed E-state index contributed by atoms with van der Waals surface area (Å²) < 4.78 is 4.99. The molecule has 6 heteroatoms. The van der Waals surface area contributed by atoms with Gasteiger partial charge in [-0.1, -0.05) is 0 Å². The first kappa shape index (κ1) is 17.2. The fraction of sp³-hybridized carbons (Fsp3) is 0.833. The van der Waals surface area contributed by atoms with Crippen LogP contribution in [-0.2, 0) is 14.3 Å². The summed E-state index contributed by atoms with van der Waals surface area (Å²) in [4.78, 5) is 22.9. The maximum atomic E-state index is 11.5. The number of carbonyl (C=O) groups is 2. The van der Waals surface area contributed by atoms with Crippen LogP contribution in [0.25, 0.3) is 0 Å². The maximum absolute atomic E-state index is 11.5. The Morgan fingerprint density at radius 1 is 1.33 bits per heavy atom. The van der Waals surface area contributed by atoms with Gasteiger partial charge >= 0.3 is 5.97 Å². The highest BCUT2D eigenvalue weighted by Gasteiger charge is 2.28. The van der Waals surface area contributed by atoms with Gasteiger partial charge in [-0.2, -0.15) is 0 Å². The van der Waals surface area contributed by atoms with Crippen LogP contribution in [0.3, 0.4) is 0 Å². The fourth-order valence-electron chi connectivity index (χ4n) is 2.07. The molecule has 0 unspecified atom stereocenters. The maximum Gasteiger partial charge on any atom is 0.308 e. The minimum absolute atomic E-state index is 0. The number of hydrogen-bond acceptors (Lipinski definition) is 4. The van der Waals surface area contributed by atoms with Crippen molar-refractivity contribution in [2.24, 2.45) is 11.7 Å². The van der Waals surface area contributed by atoms with Crippen LogP contribution < -0.4 is 11.1 Å². The molecule has 18 heavy (non-hydrogen) atoms. The van der Waals surface area contributed by atoms with E-state index in [1.54, 1.807) is 6.92 Å². The van der Waals surface area contributed by atoms with Crippen molar-refractivity contribution in [1.82, 2.24) is 5.32 Å². The van der Waals surface area contributed by atoms with E-state index in [2.05, 4.69) is 5.32 Å². The summed E-state index contributed by atoms with van der Waals surface area (Å²) in [6.07, 6.45) is 3.20. The van der Waals surface area contributed by atoms with Gasteiger partial charge in [0.05, 0.1) is 18.6 Å². The van der Waals surface area contributed by atoms with E-state index >= 15 is 0 Å². The molecule has 1 aliphatic rings. The quantitative estimate of drug-likeness (QED) is 0.752. The molecule has 0 radical (unpaired) electrons. The third kappa shape index (κ3) is 5.23. The topological polar surface area (TPSA) is 81.4 Å². The summed E-state index contributed by atoms with van der Waals surface area (Å²) in [6, 6.07) is -0.322. The van der Waals surface area contributed by atoms with E-state index in [0.717, 1.165) is 25.7 Å². The van der Waals surface area contributed by atoms with Crippen LogP contribution >= 0.6 is 12.4 Å². The molecule has 1 fully saturated rings. The van der Waals surface area contributed by atoms with Crippen LogP contribution in [0.1, 0.15) is 39.5 Å². The van der Waals surface area contributed by atoms with Gasteiger partial charge in [-0.05, 0) is 39.5 Å². The summed E-state index contributed by atoms with van der Waals surface area (Å²) in [5.41, 5.74) is 5.48. The van der Waals surface area contributed by atoms with Crippen molar-refractivity contribution < 1.29 is 14.3 Å². The molecule has 0 bridgehead atoms. The molecule has 0 aliphatic heterocycles. The van der Waals surface area contributed by atoms with Gasteiger partial charge in [0, 0.05) is 6.04 Å². The number of halogens is 1. The van der Waals surface area contributed by atoms with Crippen molar-refractivity contribution in [3.63, 3.8) is 0 Å². The molecule has 0 heterocycles. The third-order valence-electron chi connectivity index (χ3n) is 3.11. The molecule has 3 N–H and O–H groups in total. The predicted octanol–water partition coefficient (Wildman–Crippen LogP) is 0.993. The summed E-state index contributed by atoms with van der Waals surface area (Å²) >= 11 is 0. The molecule has 0 saturated heterocycles. The van der Waals surface area contributed by atoms with E-state index < -0.39 is 6.04 Å². The zero-order valence-corrected chi connectivity index (χ0v) is 11.8. The van der Waals surface area contributed by atoms with Gasteiger partial charge in [0.25, 0.3) is 0 Å². The van der Waals surface area contributed by atoms with Crippen molar-refractivity contribution in [1.29, 1.82) is 0 Å². The molecule has 0 aromatic rings. The van der Waals surface area contributed by atoms with Gasteiger partial charge in [0.1, 0.15) is 0 Å². The fourth-order valence-corrected chi connectivity index (χ4v) is 2.07. The SMILES string of the molecule is CCOC(=O)C1CCC(NC(=O)[C@H](C)N)CC1.Cl. The number of nitrogens with one attached hydrogen (secondary N) is 1. The van der Waals surface area contributed by atoms with Gasteiger partial charge in [0.15, 0.2) is 0 Å². The van der Waals surface area contributed by atoms with Crippen LogP contribution in [0.2, 0.25) is 0 Å². The Morgan fingerprint density at radius 2 is 1.89 bits per heavy atom. The molecule has 106 valence electrons. The number of ether oxygens (including phenoxy) is 1. The zero-order valence-electron chi connectivity index (χ0n) is 11.0. The first-order valence-corrected chi connectivity index (χ1v) is 6.27. The van der Waals surface area contributed by atoms with Crippen LogP contribution in [0.5, 0.6) is 0 Å². The second-order valence-electron chi connectivity index (χ2n) is 4.60. The van der Waals surface area contributed by atoms with Crippen LogP contribution in [0, 0.1) is 5.92 Å². The van der Waals surface area contributed by atoms with Crippen molar-refractivity contribution in [2.75, 3.05) is 6.61 Å². The summed E-state index contributed by atoms with van der Waals surface area (Å²) in [6.45, 7) is 3.91. The number of carbonyl (C=O) groups excluding carboxylic acids is 2. The summed E-state index contributed by atoms with van der Waals surface area (Å²) in [5.74, 6) is -0.229. The highest BCUT2D eigenvalue weighted by Crippen LogP contribution is 2.25. The summed E-state index contributed by atoms with van der Waals surface area (Å²) in [7, 11) is 0. The highest BCUT2D eigenvalue weighted by molar-refractivity contribution is 5.85. The number of rotatable bonds is 4. The van der Waals surface area contributed by atoms with Crippen LogP contribution in [-0.4, -0.2) is 30.6 Å². The predicted molar refractivity (Wildman–Crippen MR) is 71.4 cm³/mol. The molecule has 0 aromatic carbocycles. The molecule has 1 amide bonds. The van der Waals surface area contributed by atoms with Crippen LogP contribution in [0.4, 0.5) is 0 Å². The monoisotopic (exact) mass is 278 g/mol. The zero-order chi connectivity index (χ0) is 12.8. The Bertz CT molecular complexity index is 276. The highest BCUT2D eigenvalue weighted by atomic mass is 35.5. The molecule has 1 aliphatic carbocycles. The lowest BCUT2D eigenvalue weighted by atomic mass is 9.86. The second kappa shape index (κ2) is 8.32. The molecule has 1 saturated carbocycles. The van der Waals surface area contributed by atoms with Crippen molar-refractivity contribution in [2.45, 2.75) is 51.6 Å². The Balaban J connectivity index is 0.00000289. The van der Waals surface area contributed by atoms with Gasteiger partial charge in [-0.25, -0.2) is 0 Å². The molecule has 0 spiro atoms. The molecule has 1 rings (SSSR count). The average Bonchev–Trinajstić information content (AvgIpc) is 2.30. The van der Waals surface area contributed by atoms with E-state index in [1.165, 1.54) is 0 Å². The van der Waals surface area contributed by atoms with E-state index in [1.807, 2.05) is 6.92 Å². The van der Waals surface area contributed by atoms with Crippen molar-refractivity contribution >= 4 is 24.3 Å². The van der Waals surface area contributed by atoms with E-state index in [9.17, 15) is 9.59 Å². The molecule has 0 aromatic heterocycles. The van der Waals surface area contributed by atoms with E-state index in [-0.39, 0.29) is 36.2 Å². The average molecular weight is 279 g/mol. The lowest BCUT2D eigenvalue weighted by molar-refractivity contribution is -0.149. The van der Waals surface area contributed by atoms with Crippen molar-refractivity contribution in [3.8, 4) is 0 Å². The minimum Gasteiger partial charge on any atom is -0.466 e.